The summed E-state index contributed by atoms with van der Waals surface area (Å²) in [5, 5.41) is 10.5. The van der Waals surface area contributed by atoms with Crippen LogP contribution < -0.4 is 20.1 Å². The number of carbonyl (C=O) groups is 2. The zero-order chi connectivity index (χ0) is 28.1. The van der Waals surface area contributed by atoms with Crippen molar-refractivity contribution in [2.45, 2.75) is 51.2 Å². The normalized spacial score (nSPS) is 20.1. The number of unbranched alkanes of at least 4 members (excludes halogenated alkanes) is 1. The Morgan fingerprint density at radius 2 is 2.02 bits per heavy atom. The van der Waals surface area contributed by atoms with Crippen molar-refractivity contribution in [1.82, 2.24) is 14.5 Å². The van der Waals surface area contributed by atoms with Crippen molar-refractivity contribution >= 4 is 17.6 Å². The van der Waals surface area contributed by atoms with Crippen LogP contribution in [-0.4, -0.2) is 63.9 Å². The second kappa shape index (κ2) is 12.5. The molecule has 3 N–H and O–H groups in total. The maximum absolute atomic E-state index is 13.9. The highest BCUT2D eigenvalue weighted by Crippen LogP contribution is 2.43. The van der Waals surface area contributed by atoms with Gasteiger partial charge in [0.25, 0.3) is 0 Å². The van der Waals surface area contributed by atoms with E-state index in [4.69, 9.17) is 15.2 Å². The smallest absolute Gasteiger partial charge is 0.308 e. The minimum atomic E-state index is -0.869. The molecule has 1 fully saturated rings. The fourth-order valence-electron chi connectivity index (χ4n) is 5.86. The molecular formula is C30H37N5O5. The lowest BCUT2D eigenvalue weighted by Crippen LogP contribution is -2.45. The average molecular weight is 548 g/mol. The molecule has 2 aliphatic heterocycles. The number of ether oxygens (including phenoxy) is 2. The topological polar surface area (TPSA) is 123 Å². The van der Waals surface area contributed by atoms with Gasteiger partial charge in [-0.1, -0.05) is 31.5 Å². The summed E-state index contributed by atoms with van der Waals surface area (Å²) in [5.41, 5.74) is 8.52. The number of aromatic nitrogens is 2. The van der Waals surface area contributed by atoms with Crippen molar-refractivity contribution in [3.63, 3.8) is 0 Å². The average Bonchev–Trinajstić information content (AvgIpc) is 3.72. The summed E-state index contributed by atoms with van der Waals surface area (Å²) in [4.78, 5) is 34.7. The third kappa shape index (κ3) is 5.97. The van der Waals surface area contributed by atoms with Crippen LogP contribution in [0.25, 0.3) is 0 Å². The van der Waals surface area contributed by atoms with Crippen molar-refractivity contribution in [2.75, 3.05) is 31.3 Å². The summed E-state index contributed by atoms with van der Waals surface area (Å²) >= 11 is 0. The van der Waals surface area contributed by atoms with E-state index in [1.165, 1.54) is 0 Å². The lowest BCUT2D eigenvalue weighted by Gasteiger charge is -2.30. The molecule has 0 radical (unpaired) electrons. The monoisotopic (exact) mass is 547 g/mol. The first-order valence-corrected chi connectivity index (χ1v) is 13.9. The summed E-state index contributed by atoms with van der Waals surface area (Å²) in [6.45, 7) is 4.40. The first kappa shape index (κ1) is 27.7. The number of fused-ring (bicyclic) bond motifs is 1. The SMILES string of the molecule is CCCCN(C(=O)CN1C[C@H](c2ccc3c(c2)OCO3)[C@@H](C(=O)O)[C@@H]1CCn1ccnc1)c1cccc(CN)c1. The Morgan fingerprint density at radius 3 is 2.77 bits per heavy atom. The molecule has 1 saturated heterocycles. The zero-order valence-corrected chi connectivity index (χ0v) is 22.8. The minimum Gasteiger partial charge on any atom is -0.481 e. The van der Waals surface area contributed by atoms with E-state index in [9.17, 15) is 14.7 Å². The molecule has 0 spiro atoms. The molecule has 0 aliphatic carbocycles. The maximum atomic E-state index is 13.9. The van der Waals surface area contributed by atoms with Crippen LogP contribution in [0.4, 0.5) is 5.69 Å². The standard InChI is InChI=1S/C30H37N5O5/c1-2-3-11-35(23-6-4-5-21(14-23)16-31)28(36)18-34-17-24(22-7-8-26-27(15-22)40-20-39-26)29(30(37)38)25(34)9-12-33-13-10-32-19-33/h4-8,10,13-15,19,24-25,29H,2-3,9,11-12,16-18,20,31H2,1H3,(H,37,38)/t24-,25+,29-/m1/s1. The van der Waals surface area contributed by atoms with E-state index in [2.05, 4.69) is 16.8 Å². The molecule has 0 bridgehead atoms. The summed E-state index contributed by atoms with van der Waals surface area (Å²) < 4.78 is 13.0. The molecule has 1 aromatic heterocycles. The Morgan fingerprint density at radius 1 is 1.18 bits per heavy atom. The Hall–Kier alpha value is -3.89. The largest absolute Gasteiger partial charge is 0.481 e. The Kier molecular flexibility index (Phi) is 8.66. The van der Waals surface area contributed by atoms with Gasteiger partial charge in [0.2, 0.25) is 12.7 Å². The van der Waals surface area contributed by atoms with Gasteiger partial charge in [0.05, 0.1) is 18.8 Å². The van der Waals surface area contributed by atoms with Gasteiger partial charge in [-0.05, 0) is 48.2 Å². The van der Waals surface area contributed by atoms with Crippen molar-refractivity contribution in [3.8, 4) is 11.5 Å². The first-order chi connectivity index (χ1) is 19.5. The molecular weight excluding hydrogens is 510 g/mol. The number of imidazole rings is 1. The summed E-state index contributed by atoms with van der Waals surface area (Å²) in [7, 11) is 0. The first-order valence-electron chi connectivity index (χ1n) is 13.9. The van der Waals surface area contributed by atoms with Crippen molar-refractivity contribution in [1.29, 1.82) is 0 Å². The van der Waals surface area contributed by atoms with Crippen LogP contribution in [0.5, 0.6) is 11.5 Å². The van der Waals surface area contributed by atoms with Gasteiger partial charge >= 0.3 is 5.97 Å². The van der Waals surface area contributed by atoms with Gasteiger partial charge in [-0.15, -0.1) is 0 Å². The number of hydrogen-bond acceptors (Lipinski definition) is 7. The predicted molar refractivity (Wildman–Crippen MR) is 150 cm³/mol. The highest BCUT2D eigenvalue weighted by atomic mass is 16.7. The van der Waals surface area contributed by atoms with E-state index in [1.54, 1.807) is 12.5 Å². The fraction of sp³-hybridized carbons (Fsp3) is 0.433. The molecule has 5 rings (SSSR count). The summed E-state index contributed by atoms with van der Waals surface area (Å²) in [6.07, 6.45) is 7.68. The fourth-order valence-corrected chi connectivity index (χ4v) is 5.86. The van der Waals surface area contributed by atoms with E-state index in [1.807, 2.05) is 58.1 Å². The zero-order valence-electron chi connectivity index (χ0n) is 22.8. The van der Waals surface area contributed by atoms with E-state index >= 15 is 0 Å². The van der Waals surface area contributed by atoms with Crippen molar-refractivity contribution in [3.05, 3.63) is 72.3 Å². The number of nitrogens with two attached hydrogens (primary N) is 1. The van der Waals surface area contributed by atoms with E-state index < -0.39 is 11.9 Å². The van der Waals surface area contributed by atoms with Crippen LogP contribution in [0.2, 0.25) is 0 Å². The number of aryl methyl sites for hydroxylation is 1. The number of aliphatic carboxylic acids is 1. The van der Waals surface area contributed by atoms with Gasteiger partial charge in [0, 0.05) is 56.2 Å². The molecule has 0 saturated carbocycles. The molecule has 10 heteroatoms. The predicted octanol–water partition coefficient (Wildman–Crippen LogP) is 3.46. The third-order valence-electron chi connectivity index (χ3n) is 7.93. The van der Waals surface area contributed by atoms with Crippen molar-refractivity contribution in [2.24, 2.45) is 11.7 Å². The number of nitrogens with zero attached hydrogens (tertiary/aromatic N) is 4. The van der Waals surface area contributed by atoms with Gasteiger partial charge in [-0.2, -0.15) is 0 Å². The van der Waals surface area contributed by atoms with Crippen LogP contribution in [0.15, 0.2) is 61.2 Å². The van der Waals surface area contributed by atoms with Gasteiger partial charge < -0.3 is 29.8 Å². The Bertz CT molecular complexity index is 1310. The second-order valence-electron chi connectivity index (χ2n) is 10.4. The van der Waals surface area contributed by atoms with Crippen LogP contribution in [-0.2, 0) is 22.7 Å². The third-order valence-corrected chi connectivity index (χ3v) is 7.93. The summed E-state index contributed by atoms with van der Waals surface area (Å²) in [6, 6.07) is 13.1. The number of carbonyl (C=O) groups excluding carboxylic acids is 1. The van der Waals surface area contributed by atoms with Crippen LogP contribution in [0.3, 0.4) is 0 Å². The van der Waals surface area contributed by atoms with Crippen LogP contribution in [0.1, 0.15) is 43.2 Å². The van der Waals surface area contributed by atoms with Crippen molar-refractivity contribution < 1.29 is 24.2 Å². The quantitative estimate of drug-likeness (QED) is 0.353. The molecule has 3 heterocycles. The van der Waals surface area contributed by atoms with E-state index in [-0.39, 0.29) is 31.2 Å². The highest BCUT2D eigenvalue weighted by molar-refractivity contribution is 5.95. The molecule has 40 heavy (non-hydrogen) atoms. The lowest BCUT2D eigenvalue weighted by atomic mass is 9.84. The molecule has 0 unspecified atom stereocenters. The lowest BCUT2D eigenvalue weighted by molar-refractivity contribution is -0.143. The number of amides is 1. The number of likely N-dealkylation sites (tertiary alicyclic amines) is 1. The molecule has 2 aromatic carbocycles. The molecule has 3 aromatic rings. The molecule has 2 aliphatic rings. The van der Waals surface area contributed by atoms with Gasteiger partial charge in [-0.25, -0.2) is 4.98 Å². The maximum Gasteiger partial charge on any atom is 0.308 e. The second-order valence-corrected chi connectivity index (χ2v) is 10.4. The number of carboxylic acids is 1. The highest BCUT2D eigenvalue weighted by Gasteiger charge is 2.47. The molecule has 3 atom stereocenters. The molecule has 10 nitrogen and oxygen atoms in total. The number of benzene rings is 2. The van der Waals surface area contributed by atoms with E-state index in [0.29, 0.717) is 44.1 Å². The molecule has 212 valence electrons. The number of carboxylic acid groups (broad SMARTS) is 1. The van der Waals surface area contributed by atoms with E-state index in [0.717, 1.165) is 29.7 Å². The van der Waals surface area contributed by atoms with Gasteiger partial charge in [0.15, 0.2) is 11.5 Å². The van der Waals surface area contributed by atoms with Gasteiger partial charge in [-0.3, -0.25) is 14.5 Å². The van der Waals surface area contributed by atoms with Gasteiger partial charge in [0.1, 0.15) is 0 Å². The van der Waals surface area contributed by atoms with Crippen LogP contribution in [0, 0.1) is 5.92 Å². The minimum absolute atomic E-state index is 0.0503. The molecule has 1 amide bonds. The number of hydrogen-bond donors (Lipinski definition) is 2. The number of rotatable bonds is 12. The Balaban J connectivity index is 1.43. The Labute approximate surface area is 234 Å². The summed E-state index contributed by atoms with van der Waals surface area (Å²) in [5.74, 6) is -0.642. The number of anilines is 1. The van der Waals surface area contributed by atoms with Crippen LogP contribution >= 0.6 is 0 Å².